The standard InChI is InChI=1S/C26H22N2O4/c1-15-5-4-6-19(12-15)28-25(29)23(20-9-7-16(2)11-17(20)3)24(26(28)30)27-18-8-10-21-22(13-18)32-14-31-21/h4-13,27H,14H2,1-3H3. The number of anilines is 2. The number of rotatable bonds is 4. The molecule has 5 rings (SSSR count). The van der Waals surface area contributed by atoms with Crippen molar-refractivity contribution in [3.05, 3.63) is 88.6 Å². The fraction of sp³-hybridized carbons (Fsp3) is 0.154. The lowest BCUT2D eigenvalue weighted by atomic mass is 9.97. The highest BCUT2D eigenvalue weighted by atomic mass is 16.7. The van der Waals surface area contributed by atoms with Crippen molar-refractivity contribution in [1.29, 1.82) is 0 Å². The first-order valence-electron chi connectivity index (χ1n) is 10.4. The van der Waals surface area contributed by atoms with Crippen LogP contribution in [0.5, 0.6) is 11.5 Å². The summed E-state index contributed by atoms with van der Waals surface area (Å²) in [4.78, 5) is 28.4. The first-order valence-corrected chi connectivity index (χ1v) is 10.4. The van der Waals surface area contributed by atoms with Gasteiger partial charge in [-0.1, -0.05) is 35.9 Å². The number of imide groups is 1. The van der Waals surface area contributed by atoms with Crippen molar-refractivity contribution in [2.24, 2.45) is 0 Å². The van der Waals surface area contributed by atoms with Gasteiger partial charge in [-0.05, 0) is 61.7 Å². The maximum Gasteiger partial charge on any atom is 0.282 e. The number of carbonyl (C=O) groups excluding carboxylic acids is 2. The molecule has 0 aliphatic carbocycles. The number of nitrogens with zero attached hydrogens (tertiary/aromatic N) is 1. The summed E-state index contributed by atoms with van der Waals surface area (Å²) in [6, 6.07) is 18.6. The van der Waals surface area contributed by atoms with Crippen LogP contribution in [0.25, 0.3) is 5.57 Å². The van der Waals surface area contributed by atoms with Gasteiger partial charge in [0.05, 0.1) is 11.3 Å². The predicted molar refractivity (Wildman–Crippen MR) is 123 cm³/mol. The molecule has 0 spiro atoms. The van der Waals surface area contributed by atoms with Crippen molar-refractivity contribution >= 4 is 28.8 Å². The topological polar surface area (TPSA) is 67.9 Å². The van der Waals surface area contributed by atoms with Crippen LogP contribution in [0.1, 0.15) is 22.3 Å². The van der Waals surface area contributed by atoms with Gasteiger partial charge in [-0.25, -0.2) is 4.90 Å². The van der Waals surface area contributed by atoms with Gasteiger partial charge >= 0.3 is 0 Å². The SMILES string of the molecule is Cc1cccc(N2C(=O)C(Nc3ccc4c(c3)OCO4)=C(c3ccc(C)cc3C)C2=O)c1. The van der Waals surface area contributed by atoms with Crippen LogP contribution in [0.3, 0.4) is 0 Å². The zero-order valence-electron chi connectivity index (χ0n) is 18.1. The van der Waals surface area contributed by atoms with Crippen LogP contribution in [-0.2, 0) is 9.59 Å². The predicted octanol–water partition coefficient (Wildman–Crippen LogP) is 4.74. The molecule has 6 nitrogen and oxygen atoms in total. The monoisotopic (exact) mass is 426 g/mol. The summed E-state index contributed by atoms with van der Waals surface area (Å²) in [6.45, 7) is 6.03. The fourth-order valence-corrected chi connectivity index (χ4v) is 4.11. The van der Waals surface area contributed by atoms with E-state index in [4.69, 9.17) is 9.47 Å². The van der Waals surface area contributed by atoms with E-state index >= 15 is 0 Å². The Hall–Kier alpha value is -4.06. The number of amides is 2. The zero-order chi connectivity index (χ0) is 22.4. The van der Waals surface area contributed by atoms with Crippen LogP contribution in [0.2, 0.25) is 0 Å². The highest BCUT2D eigenvalue weighted by Gasteiger charge is 2.40. The largest absolute Gasteiger partial charge is 0.454 e. The molecule has 0 aromatic heterocycles. The lowest BCUT2D eigenvalue weighted by Crippen LogP contribution is -2.32. The Kier molecular flexibility index (Phi) is 4.70. The molecule has 0 atom stereocenters. The lowest BCUT2D eigenvalue weighted by Gasteiger charge is -2.16. The fourth-order valence-electron chi connectivity index (χ4n) is 4.11. The molecule has 160 valence electrons. The number of ether oxygens (including phenoxy) is 2. The zero-order valence-corrected chi connectivity index (χ0v) is 18.1. The van der Waals surface area contributed by atoms with Crippen LogP contribution in [0.4, 0.5) is 11.4 Å². The summed E-state index contributed by atoms with van der Waals surface area (Å²) < 4.78 is 10.8. The lowest BCUT2D eigenvalue weighted by molar-refractivity contribution is -0.120. The molecule has 0 bridgehead atoms. The number of hydrogen-bond acceptors (Lipinski definition) is 5. The van der Waals surface area contributed by atoms with Crippen LogP contribution in [0, 0.1) is 20.8 Å². The van der Waals surface area contributed by atoms with Crippen LogP contribution < -0.4 is 19.7 Å². The van der Waals surface area contributed by atoms with E-state index in [0.29, 0.717) is 28.4 Å². The molecule has 2 aliphatic heterocycles. The molecule has 2 amide bonds. The molecule has 3 aromatic carbocycles. The second kappa shape index (κ2) is 7.57. The van der Waals surface area contributed by atoms with E-state index in [9.17, 15) is 9.59 Å². The molecule has 32 heavy (non-hydrogen) atoms. The van der Waals surface area contributed by atoms with Crippen LogP contribution in [-0.4, -0.2) is 18.6 Å². The summed E-state index contributed by atoms with van der Waals surface area (Å²) in [5.41, 5.74) is 5.49. The number of aryl methyl sites for hydroxylation is 3. The smallest absolute Gasteiger partial charge is 0.282 e. The molecular weight excluding hydrogens is 404 g/mol. The quantitative estimate of drug-likeness (QED) is 0.611. The van der Waals surface area contributed by atoms with E-state index in [0.717, 1.165) is 22.3 Å². The van der Waals surface area contributed by atoms with Gasteiger partial charge in [-0.15, -0.1) is 0 Å². The molecule has 2 aliphatic rings. The third-order valence-corrected chi connectivity index (χ3v) is 5.64. The van der Waals surface area contributed by atoms with E-state index in [1.165, 1.54) is 4.90 Å². The van der Waals surface area contributed by atoms with Crippen molar-refractivity contribution in [2.45, 2.75) is 20.8 Å². The first-order chi connectivity index (χ1) is 15.4. The molecule has 1 N–H and O–H groups in total. The molecule has 3 aromatic rings. The van der Waals surface area contributed by atoms with Gasteiger partial charge in [0.1, 0.15) is 5.70 Å². The van der Waals surface area contributed by atoms with E-state index in [2.05, 4.69) is 5.32 Å². The Bertz CT molecular complexity index is 1310. The third-order valence-electron chi connectivity index (χ3n) is 5.64. The summed E-state index contributed by atoms with van der Waals surface area (Å²) >= 11 is 0. The van der Waals surface area contributed by atoms with Crippen molar-refractivity contribution in [3.8, 4) is 11.5 Å². The minimum atomic E-state index is -0.395. The average molecular weight is 426 g/mol. The van der Waals surface area contributed by atoms with Crippen molar-refractivity contribution < 1.29 is 19.1 Å². The van der Waals surface area contributed by atoms with Crippen LogP contribution in [0.15, 0.2) is 66.4 Å². The van der Waals surface area contributed by atoms with Crippen molar-refractivity contribution in [3.63, 3.8) is 0 Å². The van der Waals surface area contributed by atoms with Gasteiger partial charge in [0, 0.05) is 11.8 Å². The van der Waals surface area contributed by atoms with E-state index in [1.807, 2.05) is 57.2 Å². The first kappa shape index (κ1) is 19.9. The summed E-state index contributed by atoms with van der Waals surface area (Å²) in [5, 5.41) is 3.19. The van der Waals surface area contributed by atoms with Gasteiger partial charge in [0.25, 0.3) is 11.8 Å². The Morgan fingerprint density at radius 3 is 2.38 bits per heavy atom. The van der Waals surface area contributed by atoms with Crippen LogP contribution >= 0.6 is 0 Å². The Morgan fingerprint density at radius 2 is 1.59 bits per heavy atom. The number of benzene rings is 3. The number of nitrogens with one attached hydrogen (secondary N) is 1. The van der Waals surface area contributed by atoms with Crippen molar-refractivity contribution in [2.75, 3.05) is 17.0 Å². The molecule has 0 saturated carbocycles. The van der Waals surface area contributed by atoms with E-state index < -0.39 is 5.91 Å². The molecule has 0 radical (unpaired) electrons. The Balaban J connectivity index is 1.63. The average Bonchev–Trinajstić information content (AvgIpc) is 3.31. The van der Waals surface area contributed by atoms with Gasteiger partial charge < -0.3 is 14.8 Å². The summed E-state index contributed by atoms with van der Waals surface area (Å²) in [5.74, 6) is 0.495. The second-order valence-electron chi connectivity index (χ2n) is 8.05. The maximum absolute atomic E-state index is 13.6. The molecule has 6 heteroatoms. The number of fused-ring (bicyclic) bond motifs is 1. The Labute approximate surface area is 186 Å². The molecular formula is C26H22N2O4. The molecule has 0 fully saturated rings. The van der Waals surface area contributed by atoms with Gasteiger partial charge in [-0.2, -0.15) is 0 Å². The van der Waals surface area contributed by atoms with Gasteiger partial charge in [-0.3, -0.25) is 9.59 Å². The maximum atomic E-state index is 13.6. The highest BCUT2D eigenvalue weighted by Crippen LogP contribution is 2.38. The van der Waals surface area contributed by atoms with Gasteiger partial charge in [0.15, 0.2) is 11.5 Å². The molecule has 0 unspecified atom stereocenters. The molecule has 2 heterocycles. The summed E-state index contributed by atoms with van der Waals surface area (Å²) in [7, 11) is 0. The normalized spacial score (nSPS) is 15.0. The Morgan fingerprint density at radius 1 is 0.812 bits per heavy atom. The van der Waals surface area contributed by atoms with Gasteiger partial charge in [0.2, 0.25) is 6.79 Å². The minimum absolute atomic E-state index is 0.161. The second-order valence-corrected chi connectivity index (χ2v) is 8.05. The van der Waals surface area contributed by atoms with E-state index in [1.54, 1.807) is 24.3 Å². The third kappa shape index (κ3) is 3.30. The van der Waals surface area contributed by atoms with Crippen molar-refractivity contribution in [1.82, 2.24) is 0 Å². The highest BCUT2D eigenvalue weighted by molar-refractivity contribution is 6.46. The number of carbonyl (C=O) groups is 2. The number of hydrogen-bond donors (Lipinski definition) is 1. The molecule has 0 saturated heterocycles. The summed E-state index contributed by atoms with van der Waals surface area (Å²) in [6.07, 6.45) is 0. The minimum Gasteiger partial charge on any atom is -0.454 e. The van der Waals surface area contributed by atoms with E-state index in [-0.39, 0.29) is 18.4 Å².